The fourth-order valence-electron chi connectivity index (χ4n) is 2.78. The number of aromatic nitrogens is 3. The molecule has 0 unspecified atom stereocenters. The molecule has 2 aromatic rings. The largest absolute Gasteiger partial charge is 0.358 e. The lowest BCUT2D eigenvalue weighted by molar-refractivity contribution is -0.119. The van der Waals surface area contributed by atoms with Crippen molar-refractivity contribution in [1.82, 2.24) is 24.8 Å². The molecule has 8 nitrogen and oxygen atoms in total. The van der Waals surface area contributed by atoms with Gasteiger partial charge in [-0.15, -0.1) is 0 Å². The fraction of sp³-hybridized carbons (Fsp3) is 0.389. The van der Waals surface area contributed by atoms with Gasteiger partial charge in [-0.05, 0) is 24.1 Å². The van der Waals surface area contributed by atoms with Gasteiger partial charge in [-0.1, -0.05) is 0 Å². The number of carbonyl (C=O) groups excluding carboxylic acids is 2. The van der Waals surface area contributed by atoms with Gasteiger partial charge in [-0.25, -0.2) is 9.97 Å². The monoisotopic (exact) mass is 354 g/mol. The first-order valence-corrected chi connectivity index (χ1v) is 8.58. The number of piperazine rings is 1. The van der Waals surface area contributed by atoms with Gasteiger partial charge in [0.15, 0.2) is 0 Å². The number of pyridine rings is 1. The average Bonchev–Trinajstić information content (AvgIpc) is 2.72. The van der Waals surface area contributed by atoms with Crippen LogP contribution in [0.3, 0.4) is 0 Å². The quantitative estimate of drug-likeness (QED) is 0.701. The summed E-state index contributed by atoms with van der Waals surface area (Å²) in [4.78, 5) is 41.3. The van der Waals surface area contributed by atoms with Gasteiger partial charge in [0.1, 0.15) is 11.5 Å². The number of likely N-dealkylation sites (N-methyl/N-ethyl adjacent to an activating group) is 1. The van der Waals surface area contributed by atoms with E-state index in [-0.39, 0.29) is 5.91 Å². The number of anilines is 1. The number of nitrogens with zero attached hydrogens (tertiary/aromatic N) is 6. The molecule has 1 saturated heterocycles. The van der Waals surface area contributed by atoms with Crippen LogP contribution in [0.15, 0.2) is 36.9 Å². The molecule has 2 amide bonds. The molecule has 0 N–H and O–H groups in total. The van der Waals surface area contributed by atoms with E-state index in [0.717, 1.165) is 25.2 Å². The van der Waals surface area contributed by atoms with Crippen LogP contribution < -0.4 is 4.90 Å². The summed E-state index contributed by atoms with van der Waals surface area (Å²) in [7, 11) is 1.95. The highest BCUT2D eigenvalue weighted by atomic mass is 16.2. The van der Waals surface area contributed by atoms with Crippen LogP contribution in [0.5, 0.6) is 0 Å². The highest BCUT2D eigenvalue weighted by molar-refractivity contribution is 5.92. The van der Waals surface area contributed by atoms with Crippen LogP contribution in [0.4, 0.5) is 5.82 Å². The lowest BCUT2D eigenvalue weighted by atomic mass is 10.2. The molecule has 3 heterocycles. The molecule has 0 aliphatic carbocycles. The first kappa shape index (κ1) is 17.8. The van der Waals surface area contributed by atoms with E-state index in [1.807, 2.05) is 24.1 Å². The summed E-state index contributed by atoms with van der Waals surface area (Å²) in [6, 6.07) is 3.98. The zero-order chi connectivity index (χ0) is 18.4. The molecule has 0 atom stereocenters. The van der Waals surface area contributed by atoms with Gasteiger partial charge in [-0.3, -0.25) is 14.6 Å². The fourth-order valence-corrected chi connectivity index (χ4v) is 2.78. The Morgan fingerprint density at radius 3 is 2.50 bits per heavy atom. The van der Waals surface area contributed by atoms with Crippen molar-refractivity contribution in [2.24, 2.45) is 0 Å². The van der Waals surface area contributed by atoms with Crippen molar-refractivity contribution >= 4 is 18.1 Å². The first-order valence-electron chi connectivity index (χ1n) is 8.58. The minimum atomic E-state index is -0.144. The third-order valence-electron chi connectivity index (χ3n) is 4.48. The van der Waals surface area contributed by atoms with E-state index in [2.05, 4.69) is 15.0 Å². The van der Waals surface area contributed by atoms with Crippen LogP contribution in [-0.2, 0) is 11.2 Å². The van der Waals surface area contributed by atoms with Crippen molar-refractivity contribution in [3.8, 4) is 0 Å². The Bertz CT molecular complexity index is 729. The third kappa shape index (κ3) is 4.33. The normalized spacial score (nSPS) is 14.2. The average molecular weight is 354 g/mol. The Kier molecular flexibility index (Phi) is 5.73. The summed E-state index contributed by atoms with van der Waals surface area (Å²) in [5.74, 6) is 0.579. The van der Waals surface area contributed by atoms with E-state index in [0.29, 0.717) is 31.9 Å². The number of amides is 2. The van der Waals surface area contributed by atoms with Crippen LogP contribution >= 0.6 is 0 Å². The van der Waals surface area contributed by atoms with Crippen molar-refractivity contribution in [3.05, 3.63) is 48.2 Å². The first-order chi connectivity index (χ1) is 12.7. The van der Waals surface area contributed by atoms with Crippen molar-refractivity contribution in [2.75, 3.05) is 44.7 Å². The predicted octanol–water partition coefficient (Wildman–Crippen LogP) is 0.465. The van der Waals surface area contributed by atoms with Crippen molar-refractivity contribution < 1.29 is 9.59 Å². The SMILES string of the molecule is CN(CCc1ccncc1)c1cnc(C(=O)N2CCN(C=O)CC2)cn1. The summed E-state index contributed by atoms with van der Waals surface area (Å²) in [6.45, 7) is 2.94. The molecule has 0 aromatic carbocycles. The number of rotatable bonds is 6. The van der Waals surface area contributed by atoms with Gasteiger partial charge >= 0.3 is 0 Å². The third-order valence-corrected chi connectivity index (χ3v) is 4.48. The van der Waals surface area contributed by atoms with E-state index in [4.69, 9.17) is 0 Å². The van der Waals surface area contributed by atoms with Crippen molar-refractivity contribution in [1.29, 1.82) is 0 Å². The maximum absolute atomic E-state index is 12.5. The molecule has 0 saturated carbocycles. The molecule has 136 valence electrons. The molecule has 0 spiro atoms. The van der Waals surface area contributed by atoms with Crippen LogP contribution in [0.25, 0.3) is 0 Å². The van der Waals surface area contributed by atoms with Crippen LogP contribution in [0.2, 0.25) is 0 Å². The van der Waals surface area contributed by atoms with Crippen molar-refractivity contribution in [3.63, 3.8) is 0 Å². The topological polar surface area (TPSA) is 82.5 Å². The second kappa shape index (κ2) is 8.37. The smallest absolute Gasteiger partial charge is 0.274 e. The summed E-state index contributed by atoms with van der Waals surface area (Å²) >= 11 is 0. The summed E-state index contributed by atoms with van der Waals surface area (Å²) in [5.41, 5.74) is 1.54. The predicted molar refractivity (Wildman–Crippen MR) is 96.8 cm³/mol. The van der Waals surface area contributed by atoms with Gasteiger partial charge in [0.25, 0.3) is 5.91 Å². The van der Waals surface area contributed by atoms with Crippen LogP contribution in [-0.4, -0.2) is 76.8 Å². The van der Waals surface area contributed by atoms with Crippen LogP contribution in [0.1, 0.15) is 16.1 Å². The number of carbonyl (C=O) groups is 2. The van der Waals surface area contributed by atoms with Crippen molar-refractivity contribution in [2.45, 2.75) is 6.42 Å². The van der Waals surface area contributed by atoms with Gasteiger partial charge in [0.2, 0.25) is 6.41 Å². The van der Waals surface area contributed by atoms with E-state index in [1.54, 1.807) is 28.4 Å². The molecule has 3 rings (SSSR count). The Hall–Kier alpha value is -3.03. The lowest BCUT2D eigenvalue weighted by Gasteiger charge is -2.32. The van der Waals surface area contributed by atoms with E-state index >= 15 is 0 Å². The summed E-state index contributed by atoms with van der Waals surface area (Å²) < 4.78 is 0. The minimum Gasteiger partial charge on any atom is -0.358 e. The van der Waals surface area contributed by atoms with Gasteiger partial charge in [0.05, 0.1) is 12.4 Å². The van der Waals surface area contributed by atoms with Gasteiger partial charge in [-0.2, -0.15) is 0 Å². The maximum Gasteiger partial charge on any atom is 0.274 e. The second-order valence-corrected chi connectivity index (χ2v) is 6.22. The molecule has 0 radical (unpaired) electrons. The Balaban J connectivity index is 1.55. The highest BCUT2D eigenvalue weighted by Crippen LogP contribution is 2.11. The zero-order valence-corrected chi connectivity index (χ0v) is 14.8. The highest BCUT2D eigenvalue weighted by Gasteiger charge is 2.22. The second-order valence-electron chi connectivity index (χ2n) is 6.22. The van der Waals surface area contributed by atoms with Gasteiger partial charge in [0, 0.05) is 52.2 Å². The van der Waals surface area contributed by atoms with E-state index in [9.17, 15) is 9.59 Å². The maximum atomic E-state index is 12.5. The molecule has 1 aliphatic rings. The van der Waals surface area contributed by atoms with Gasteiger partial charge < -0.3 is 14.7 Å². The molecular weight excluding hydrogens is 332 g/mol. The molecule has 1 fully saturated rings. The Morgan fingerprint density at radius 1 is 1.15 bits per heavy atom. The number of hydrogen-bond acceptors (Lipinski definition) is 6. The molecule has 2 aromatic heterocycles. The minimum absolute atomic E-state index is 0.144. The lowest BCUT2D eigenvalue weighted by Crippen LogP contribution is -2.48. The zero-order valence-electron chi connectivity index (χ0n) is 14.8. The Morgan fingerprint density at radius 2 is 1.88 bits per heavy atom. The van der Waals surface area contributed by atoms with Crippen LogP contribution in [0, 0.1) is 0 Å². The van der Waals surface area contributed by atoms with E-state index < -0.39 is 0 Å². The molecule has 1 aliphatic heterocycles. The molecule has 26 heavy (non-hydrogen) atoms. The standard InChI is InChI=1S/C18H22N6O2/c1-22(7-4-15-2-5-19-6-3-15)17-13-20-16(12-21-17)18(26)24-10-8-23(14-25)9-11-24/h2-3,5-6,12-14H,4,7-11H2,1H3. The Labute approximate surface area is 152 Å². The number of hydrogen-bond donors (Lipinski definition) is 0. The summed E-state index contributed by atoms with van der Waals surface area (Å²) in [5, 5.41) is 0. The molecule has 8 heteroatoms. The molecular formula is C18H22N6O2. The van der Waals surface area contributed by atoms with E-state index in [1.165, 1.54) is 11.8 Å². The molecule has 0 bridgehead atoms. The summed E-state index contributed by atoms with van der Waals surface area (Å²) in [6.07, 6.45) is 8.41.